The van der Waals surface area contributed by atoms with Crippen LogP contribution in [-0.2, 0) is 0 Å². The molecule has 92 valence electrons. The highest BCUT2D eigenvalue weighted by Crippen LogP contribution is 2.18. The second-order valence-corrected chi connectivity index (χ2v) is 4.38. The number of pyridine rings is 2. The maximum Gasteiger partial charge on any atom is 0.277 e. The average molecular weight is 282 g/mol. The van der Waals surface area contributed by atoms with Crippen LogP contribution in [0.15, 0.2) is 30.5 Å². The van der Waals surface area contributed by atoms with Crippen molar-refractivity contribution in [1.82, 2.24) is 9.97 Å². The molecule has 0 radical (unpaired) electrons. The Morgan fingerprint density at radius 1 is 1.28 bits per heavy atom. The highest BCUT2D eigenvalue weighted by Gasteiger charge is 2.14. The lowest BCUT2D eigenvalue weighted by molar-refractivity contribution is 0.102. The number of aryl methyl sites for hydroxylation is 1. The first-order chi connectivity index (χ1) is 8.58. The molecule has 0 bridgehead atoms. The van der Waals surface area contributed by atoms with Crippen LogP contribution in [0.3, 0.4) is 0 Å². The number of amides is 1. The van der Waals surface area contributed by atoms with Crippen molar-refractivity contribution < 1.29 is 4.79 Å². The molecule has 0 saturated heterocycles. The van der Waals surface area contributed by atoms with Crippen molar-refractivity contribution in [1.29, 1.82) is 0 Å². The van der Waals surface area contributed by atoms with Crippen molar-refractivity contribution in [3.05, 3.63) is 51.9 Å². The fraction of sp³-hybridized carbons (Fsp3) is 0.0833. The fourth-order valence-corrected chi connectivity index (χ4v) is 1.70. The summed E-state index contributed by atoms with van der Waals surface area (Å²) < 4.78 is 0. The number of hydrogen-bond donors (Lipinski definition) is 1. The number of carbonyl (C=O) groups is 1. The van der Waals surface area contributed by atoms with Crippen LogP contribution < -0.4 is 5.32 Å². The summed E-state index contributed by atoms with van der Waals surface area (Å²) in [5, 5.41) is 3.09. The van der Waals surface area contributed by atoms with Gasteiger partial charge in [-0.25, -0.2) is 9.97 Å². The molecule has 0 fully saturated rings. The number of hydrogen-bond acceptors (Lipinski definition) is 3. The number of carbonyl (C=O) groups excluding carboxylic acids is 1. The van der Waals surface area contributed by atoms with Gasteiger partial charge in [-0.15, -0.1) is 0 Å². The van der Waals surface area contributed by atoms with Gasteiger partial charge in [-0.05, 0) is 30.7 Å². The van der Waals surface area contributed by atoms with E-state index < -0.39 is 5.91 Å². The Bertz CT molecular complexity index is 602. The lowest BCUT2D eigenvalue weighted by Crippen LogP contribution is -2.16. The molecule has 0 atom stereocenters. The molecule has 2 aromatic rings. The van der Waals surface area contributed by atoms with Crippen LogP contribution in [0.25, 0.3) is 0 Å². The third kappa shape index (κ3) is 2.78. The molecular formula is C12H9Cl2N3O. The monoisotopic (exact) mass is 281 g/mol. The van der Waals surface area contributed by atoms with Crippen molar-refractivity contribution in [2.75, 3.05) is 5.32 Å². The van der Waals surface area contributed by atoms with E-state index in [9.17, 15) is 4.79 Å². The lowest BCUT2D eigenvalue weighted by Gasteiger charge is -2.07. The second-order valence-electron chi connectivity index (χ2n) is 3.59. The second kappa shape index (κ2) is 5.33. The van der Waals surface area contributed by atoms with Crippen molar-refractivity contribution in [3.8, 4) is 0 Å². The smallest absolute Gasteiger partial charge is 0.277 e. The summed E-state index contributed by atoms with van der Waals surface area (Å²) in [5.74, 6) is 0.0321. The average Bonchev–Trinajstić information content (AvgIpc) is 2.35. The number of halogens is 2. The van der Waals surface area contributed by atoms with Crippen LogP contribution in [-0.4, -0.2) is 15.9 Å². The van der Waals surface area contributed by atoms with Crippen LogP contribution in [0.1, 0.15) is 16.1 Å². The van der Waals surface area contributed by atoms with E-state index >= 15 is 0 Å². The third-order valence-corrected chi connectivity index (χ3v) is 2.78. The summed E-state index contributed by atoms with van der Waals surface area (Å²) in [5.41, 5.74) is 0.929. The minimum absolute atomic E-state index is 0.0780. The van der Waals surface area contributed by atoms with E-state index in [0.717, 1.165) is 5.56 Å². The van der Waals surface area contributed by atoms with Gasteiger partial charge in [0.15, 0.2) is 0 Å². The van der Waals surface area contributed by atoms with Gasteiger partial charge in [0.05, 0.1) is 5.02 Å². The van der Waals surface area contributed by atoms with E-state index in [4.69, 9.17) is 23.2 Å². The summed E-state index contributed by atoms with van der Waals surface area (Å²) in [6, 6.07) is 6.68. The Labute approximate surface area is 114 Å². The van der Waals surface area contributed by atoms with Crippen LogP contribution in [0.4, 0.5) is 5.82 Å². The summed E-state index contributed by atoms with van der Waals surface area (Å²) >= 11 is 11.6. The molecule has 0 aliphatic heterocycles. The molecule has 6 heteroatoms. The highest BCUT2D eigenvalue weighted by molar-refractivity contribution is 6.35. The van der Waals surface area contributed by atoms with Gasteiger partial charge in [0.25, 0.3) is 5.91 Å². The van der Waals surface area contributed by atoms with E-state index in [2.05, 4.69) is 15.3 Å². The molecule has 0 aliphatic rings. The van der Waals surface area contributed by atoms with Gasteiger partial charge < -0.3 is 5.32 Å². The zero-order valence-corrected chi connectivity index (χ0v) is 11.0. The molecule has 0 spiro atoms. The Morgan fingerprint density at radius 2 is 2.06 bits per heavy atom. The van der Waals surface area contributed by atoms with Gasteiger partial charge in [0.1, 0.15) is 16.7 Å². The Kier molecular flexibility index (Phi) is 3.79. The molecule has 2 heterocycles. The highest BCUT2D eigenvalue weighted by atomic mass is 35.5. The summed E-state index contributed by atoms with van der Waals surface area (Å²) in [4.78, 5) is 19.9. The molecule has 18 heavy (non-hydrogen) atoms. The Balaban J connectivity index is 2.28. The van der Waals surface area contributed by atoms with Crippen molar-refractivity contribution >= 4 is 34.9 Å². The maximum atomic E-state index is 12.0. The molecule has 1 amide bonds. The summed E-state index contributed by atoms with van der Waals surface area (Å²) in [6.45, 7) is 1.84. The Hall–Kier alpha value is -1.65. The third-order valence-electron chi connectivity index (χ3n) is 2.27. The van der Waals surface area contributed by atoms with Crippen molar-refractivity contribution in [2.24, 2.45) is 0 Å². The topological polar surface area (TPSA) is 54.9 Å². The van der Waals surface area contributed by atoms with E-state index in [0.29, 0.717) is 5.82 Å². The molecule has 2 rings (SSSR count). The van der Waals surface area contributed by atoms with Crippen molar-refractivity contribution in [2.45, 2.75) is 6.92 Å². The first-order valence-electron chi connectivity index (χ1n) is 5.13. The molecule has 2 aromatic heterocycles. The normalized spacial score (nSPS) is 10.2. The van der Waals surface area contributed by atoms with E-state index in [1.165, 1.54) is 12.1 Å². The van der Waals surface area contributed by atoms with Gasteiger partial charge >= 0.3 is 0 Å². The Morgan fingerprint density at radius 3 is 2.78 bits per heavy atom. The molecular weight excluding hydrogens is 273 g/mol. The first-order valence-corrected chi connectivity index (χ1v) is 5.88. The van der Waals surface area contributed by atoms with Gasteiger partial charge in [0, 0.05) is 6.20 Å². The van der Waals surface area contributed by atoms with Crippen LogP contribution in [0.2, 0.25) is 10.2 Å². The molecule has 0 aromatic carbocycles. The quantitative estimate of drug-likeness (QED) is 0.859. The number of aromatic nitrogens is 2. The minimum atomic E-state index is -0.440. The van der Waals surface area contributed by atoms with Crippen LogP contribution >= 0.6 is 23.2 Å². The number of rotatable bonds is 2. The lowest BCUT2D eigenvalue weighted by atomic mass is 10.3. The van der Waals surface area contributed by atoms with Crippen LogP contribution in [0.5, 0.6) is 0 Å². The van der Waals surface area contributed by atoms with Gasteiger partial charge in [-0.2, -0.15) is 0 Å². The predicted octanol–water partition coefficient (Wildman–Crippen LogP) is 3.34. The first kappa shape index (κ1) is 12.8. The summed E-state index contributed by atoms with van der Waals surface area (Å²) in [6.07, 6.45) is 1.59. The maximum absolute atomic E-state index is 12.0. The summed E-state index contributed by atoms with van der Waals surface area (Å²) in [7, 11) is 0. The van der Waals surface area contributed by atoms with E-state index in [1.54, 1.807) is 12.3 Å². The van der Waals surface area contributed by atoms with E-state index in [1.807, 2.05) is 13.0 Å². The molecule has 4 nitrogen and oxygen atoms in total. The fourth-order valence-electron chi connectivity index (χ4n) is 1.36. The zero-order valence-electron chi connectivity index (χ0n) is 9.45. The molecule has 1 N–H and O–H groups in total. The van der Waals surface area contributed by atoms with Gasteiger partial charge in [-0.1, -0.05) is 29.3 Å². The molecule has 0 aliphatic carbocycles. The number of nitrogens with zero attached hydrogens (tertiary/aromatic N) is 2. The minimum Gasteiger partial charge on any atom is -0.305 e. The predicted molar refractivity (Wildman–Crippen MR) is 71.2 cm³/mol. The largest absolute Gasteiger partial charge is 0.305 e. The van der Waals surface area contributed by atoms with Gasteiger partial charge in [0.2, 0.25) is 0 Å². The van der Waals surface area contributed by atoms with E-state index in [-0.39, 0.29) is 15.9 Å². The SMILES string of the molecule is Cc1cccnc1NC(=O)c1nc(Cl)ccc1Cl. The molecule has 0 saturated carbocycles. The zero-order chi connectivity index (χ0) is 13.1. The van der Waals surface area contributed by atoms with Gasteiger partial charge in [-0.3, -0.25) is 4.79 Å². The number of nitrogens with one attached hydrogen (secondary N) is 1. The van der Waals surface area contributed by atoms with Crippen molar-refractivity contribution in [3.63, 3.8) is 0 Å². The van der Waals surface area contributed by atoms with Crippen LogP contribution in [0, 0.1) is 6.92 Å². The standard InChI is InChI=1S/C12H9Cl2N3O/c1-7-3-2-6-15-11(7)17-12(18)10-8(13)4-5-9(14)16-10/h2-6H,1H3,(H,15,17,18). The molecule has 0 unspecified atom stereocenters. The number of anilines is 1.